The van der Waals surface area contributed by atoms with Gasteiger partial charge in [0.1, 0.15) is 11.8 Å². The molecule has 1 N–H and O–H groups in total. The van der Waals surface area contributed by atoms with Crippen molar-refractivity contribution in [2.24, 2.45) is 0 Å². The van der Waals surface area contributed by atoms with E-state index in [1.54, 1.807) is 36.1 Å². The molecule has 1 aliphatic carbocycles. The average Bonchev–Trinajstić information content (AvgIpc) is 3.39. The molecule has 38 heavy (non-hydrogen) atoms. The molecular weight excluding hydrogens is 502 g/mol. The van der Waals surface area contributed by atoms with E-state index in [2.05, 4.69) is 5.32 Å². The summed E-state index contributed by atoms with van der Waals surface area (Å²) in [4.78, 5) is 28.2. The van der Waals surface area contributed by atoms with Gasteiger partial charge < -0.3 is 15.0 Å². The van der Waals surface area contributed by atoms with Gasteiger partial charge in [0.2, 0.25) is 21.8 Å². The molecule has 0 bridgehead atoms. The van der Waals surface area contributed by atoms with Crippen molar-refractivity contribution in [3.8, 4) is 5.75 Å². The summed E-state index contributed by atoms with van der Waals surface area (Å²) in [7, 11) is -3.56. The Labute approximate surface area is 227 Å². The van der Waals surface area contributed by atoms with E-state index in [0.29, 0.717) is 31.0 Å². The van der Waals surface area contributed by atoms with E-state index < -0.39 is 16.1 Å². The molecule has 2 amide bonds. The second-order valence-electron chi connectivity index (χ2n) is 9.98. The maximum Gasteiger partial charge on any atom is 0.242 e. The number of amides is 2. The van der Waals surface area contributed by atoms with Crippen LogP contribution >= 0.6 is 0 Å². The molecule has 2 aromatic carbocycles. The van der Waals surface area contributed by atoms with Crippen LogP contribution in [0, 0.1) is 6.92 Å². The van der Waals surface area contributed by atoms with Gasteiger partial charge in [-0.25, -0.2) is 8.42 Å². The van der Waals surface area contributed by atoms with Crippen molar-refractivity contribution in [1.82, 2.24) is 10.2 Å². The van der Waals surface area contributed by atoms with Crippen molar-refractivity contribution in [2.45, 2.75) is 77.9 Å². The van der Waals surface area contributed by atoms with Crippen molar-refractivity contribution in [2.75, 3.05) is 23.7 Å². The molecule has 1 saturated carbocycles. The topological polar surface area (TPSA) is 96.0 Å². The number of aryl methyl sites for hydroxylation is 1. The number of carbonyl (C=O) groups is 2. The van der Waals surface area contributed by atoms with E-state index in [-0.39, 0.29) is 30.8 Å². The molecule has 0 unspecified atom stereocenters. The molecule has 0 spiro atoms. The Balaban J connectivity index is 1.71. The van der Waals surface area contributed by atoms with E-state index in [1.165, 1.54) is 4.31 Å². The number of hydrogen-bond donors (Lipinski definition) is 1. The van der Waals surface area contributed by atoms with E-state index in [4.69, 9.17) is 4.74 Å². The normalized spacial score (nSPS) is 14.6. The third kappa shape index (κ3) is 8.21. The summed E-state index contributed by atoms with van der Waals surface area (Å²) >= 11 is 0. The predicted octanol–water partition coefficient (Wildman–Crippen LogP) is 4.42. The van der Waals surface area contributed by atoms with E-state index in [1.807, 2.05) is 38.1 Å². The van der Waals surface area contributed by atoms with Crippen LogP contribution in [0.1, 0.15) is 63.5 Å². The molecule has 0 heterocycles. The maximum absolute atomic E-state index is 13.5. The molecule has 1 atom stereocenters. The standard InChI is InChI=1S/C29H41N3O5S/c1-5-37-27-18-16-26(17-19-27)32(38(4,35)36)20-10-15-28(33)31(21-24-12-7-6-11-22(24)2)23(3)29(34)30-25-13-8-9-14-25/h6-7,11-12,16-19,23,25H,5,8-10,13-15,20-21H2,1-4H3,(H,30,34)/t23-/m1/s1. The van der Waals surface area contributed by atoms with E-state index in [9.17, 15) is 18.0 Å². The molecule has 1 fully saturated rings. The summed E-state index contributed by atoms with van der Waals surface area (Å²) in [6.45, 7) is 6.63. The minimum Gasteiger partial charge on any atom is -0.494 e. The first-order chi connectivity index (χ1) is 18.1. The first kappa shape index (κ1) is 29.5. The highest BCUT2D eigenvalue weighted by atomic mass is 32.2. The van der Waals surface area contributed by atoms with Gasteiger partial charge in [0, 0.05) is 25.6 Å². The lowest BCUT2D eigenvalue weighted by Gasteiger charge is -2.30. The van der Waals surface area contributed by atoms with Crippen molar-refractivity contribution >= 4 is 27.5 Å². The molecule has 0 aliphatic heterocycles. The lowest BCUT2D eigenvalue weighted by molar-refractivity contribution is -0.141. The number of ether oxygens (including phenoxy) is 1. The lowest BCUT2D eigenvalue weighted by Crippen LogP contribution is -2.49. The SMILES string of the molecule is CCOc1ccc(N(CCCC(=O)N(Cc2ccccc2C)[C@H](C)C(=O)NC2CCCC2)S(C)(=O)=O)cc1. The molecule has 9 heteroatoms. The zero-order valence-corrected chi connectivity index (χ0v) is 23.8. The van der Waals surface area contributed by atoms with Crippen molar-refractivity contribution in [1.29, 1.82) is 0 Å². The molecular formula is C29H41N3O5S. The Morgan fingerprint density at radius 2 is 1.74 bits per heavy atom. The van der Waals surface area contributed by atoms with Gasteiger partial charge in [-0.2, -0.15) is 0 Å². The number of rotatable bonds is 13. The van der Waals surface area contributed by atoms with Crippen LogP contribution in [0.15, 0.2) is 48.5 Å². The molecule has 208 valence electrons. The molecule has 0 aromatic heterocycles. The monoisotopic (exact) mass is 543 g/mol. The Morgan fingerprint density at radius 1 is 1.08 bits per heavy atom. The number of anilines is 1. The zero-order chi connectivity index (χ0) is 27.7. The highest BCUT2D eigenvalue weighted by Gasteiger charge is 2.29. The van der Waals surface area contributed by atoms with Crippen LogP contribution in [0.2, 0.25) is 0 Å². The number of nitrogens with one attached hydrogen (secondary N) is 1. The molecule has 0 radical (unpaired) electrons. The Hall–Kier alpha value is -3.07. The maximum atomic E-state index is 13.5. The van der Waals surface area contributed by atoms with Crippen LogP contribution in [-0.2, 0) is 26.2 Å². The van der Waals surface area contributed by atoms with Crippen LogP contribution < -0.4 is 14.4 Å². The van der Waals surface area contributed by atoms with Crippen LogP contribution in [-0.4, -0.2) is 56.6 Å². The number of hydrogen-bond acceptors (Lipinski definition) is 5. The van der Waals surface area contributed by atoms with Gasteiger partial charge in [-0.1, -0.05) is 37.1 Å². The van der Waals surface area contributed by atoms with Gasteiger partial charge in [-0.05, 0) is 75.4 Å². The fraction of sp³-hybridized carbons (Fsp3) is 0.517. The van der Waals surface area contributed by atoms with E-state index in [0.717, 1.165) is 43.1 Å². The fourth-order valence-electron chi connectivity index (χ4n) is 4.82. The van der Waals surface area contributed by atoms with Crippen molar-refractivity contribution in [3.63, 3.8) is 0 Å². The van der Waals surface area contributed by atoms with Crippen LogP contribution in [0.3, 0.4) is 0 Å². The Bertz CT molecular complexity index is 1180. The molecule has 8 nitrogen and oxygen atoms in total. The Morgan fingerprint density at radius 3 is 2.34 bits per heavy atom. The number of carbonyl (C=O) groups excluding carboxylic acids is 2. The van der Waals surface area contributed by atoms with Gasteiger partial charge in [0.15, 0.2) is 0 Å². The summed E-state index contributed by atoms with van der Waals surface area (Å²) < 4.78 is 31.8. The first-order valence-corrected chi connectivity index (χ1v) is 15.3. The van der Waals surface area contributed by atoms with Gasteiger partial charge in [0.25, 0.3) is 0 Å². The largest absolute Gasteiger partial charge is 0.494 e. The quantitative estimate of drug-likeness (QED) is 0.404. The summed E-state index contributed by atoms with van der Waals surface area (Å²) in [6.07, 6.45) is 5.75. The van der Waals surface area contributed by atoms with E-state index >= 15 is 0 Å². The number of sulfonamides is 1. The van der Waals surface area contributed by atoms with Gasteiger partial charge in [-0.3, -0.25) is 13.9 Å². The minimum absolute atomic E-state index is 0.121. The highest BCUT2D eigenvalue weighted by Crippen LogP contribution is 2.23. The number of benzene rings is 2. The lowest BCUT2D eigenvalue weighted by atomic mass is 10.1. The van der Waals surface area contributed by atoms with Gasteiger partial charge in [-0.15, -0.1) is 0 Å². The average molecular weight is 544 g/mol. The summed E-state index contributed by atoms with van der Waals surface area (Å²) in [5, 5.41) is 3.11. The third-order valence-electron chi connectivity index (χ3n) is 7.06. The second-order valence-corrected chi connectivity index (χ2v) is 11.9. The zero-order valence-electron chi connectivity index (χ0n) is 23.0. The van der Waals surface area contributed by atoms with Crippen molar-refractivity contribution in [3.05, 3.63) is 59.7 Å². The smallest absolute Gasteiger partial charge is 0.242 e. The highest BCUT2D eigenvalue weighted by molar-refractivity contribution is 7.92. The third-order valence-corrected chi connectivity index (χ3v) is 8.25. The fourth-order valence-corrected chi connectivity index (χ4v) is 5.79. The van der Waals surface area contributed by atoms with Crippen molar-refractivity contribution < 1.29 is 22.7 Å². The molecule has 2 aromatic rings. The second kappa shape index (κ2) is 13.6. The summed E-state index contributed by atoms with van der Waals surface area (Å²) in [5.41, 5.74) is 2.55. The minimum atomic E-state index is -3.56. The van der Waals surface area contributed by atoms with Gasteiger partial charge in [0.05, 0.1) is 18.6 Å². The summed E-state index contributed by atoms with van der Waals surface area (Å²) in [6, 6.07) is 14.2. The predicted molar refractivity (Wildman–Crippen MR) is 151 cm³/mol. The summed E-state index contributed by atoms with van der Waals surface area (Å²) in [5.74, 6) is 0.338. The van der Waals surface area contributed by atoms with Crippen LogP contribution in [0.5, 0.6) is 5.75 Å². The van der Waals surface area contributed by atoms with Crippen LogP contribution in [0.4, 0.5) is 5.69 Å². The van der Waals surface area contributed by atoms with Crippen LogP contribution in [0.25, 0.3) is 0 Å². The Kier molecular flexibility index (Phi) is 10.6. The molecule has 3 rings (SSSR count). The van der Waals surface area contributed by atoms with Gasteiger partial charge >= 0.3 is 0 Å². The molecule has 1 aliphatic rings. The number of nitrogens with zero attached hydrogens (tertiary/aromatic N) is 2. The first-order valence-electron chi connectivity index (χ1n) is 13.4. The molecule has 0 saturated heterocycles.